The zero-order valence-electron chi connectivity index (χ0n) is 16.4. The quantitative estimate of drug-likeness (QED) is 0.442. The highest BCUT2D eigenvalue weighted by Gasteiger charge is 2.07. The van der Waals surface area contributed by atoms with Crippen molar-refractivity contribution in [1.82, 2.24) is 10.2 Å². The highest BCUT2D eigenvalue weighted by atomic mass is 35.5. The molecule has 0 aliphatic carbocycles. The predicted octanol–water partition coefficient (Wildman–Crippen LogP) is 5.72. The van der Waals surface area contributed by atoms with Crippen molar-refractivity contribution in [1.29, 1.82) is 0 Å². The van der Waals surface area contributed by atoms with Crippen molar-refractivity contribution < 1.29 is 9.13 Å². The number of nitrogens with zero attached hydrogens (tertiary/aromatic N) is 1. The molecule has 0 atom stereocenters. The summed E-state index contributed by atoms with van der Waals surface area (Å²) >= 11 is 6.13. The van der Waals surface area contributed by atoms with Gasteiger partial charge in [-0.15, -0.1) is 24.8 Å². The minimum absolute atomic E-state index is 0. The predicted molar refractivity (Wildman–Crippen MR) is 121 cm³/mol. The van der Waals surface area contributed by atoms with Gasteiger partial charge in [-0.3, -0.25) is 0 Å². The van der Waals surface area contributed by atoms with Crippen LogP contribution in [0, 0.1) is 5.82 Å². The minimum Gasteiger partial charge on any atom is -0.488 e. The van der Waals surface area contributed by atoms with E-state index in [4.69, 9.17) is 16.3 Å². The number of rotatable bonds is 11. The lowest BCUT2D eigenvalue weighted by Gasteiger charge is -2.18. The SMILES string of the molecule is CCN(CC)CCCNCc1cc(Cl)ccc1OCc1ccccc1F.Cl.Cl. The summed E-state index contributed by atoms with van der Waals surface area (Å²) in [6.45, 7) is 9.42. The van der Waals surface area contributed by atoms with E-state index >= 15 is 0 Å². The average Bonchev–Trinajstić information content (AvgIpc) is 2.65. The first-order chi connectivity index (χ1) is 12.6. The van der Waals surface area contributed by atoms with Gasteiger partial charge < -0.3 is 15.0 Å². The fourth-order valence-electron chi connectivity index (χ4n) is 2.79. The first-order valence-electron chi connectivity index (χ1n) is 9.21. The van der Waals surface area contributed by atoms with Crippen LogP contribution in [0.25, 0.3) is 0 Å². The molecule has 0 aromatic heterocycles. The van der Waals surface area contributed by atoms with Crippen LogP contribution in [0.4, 0.5) is 4.39 Å². The summed E-state index contributed by atoms with van der Waals surface area (Å²) in [6, 6.07) is 12.2. The Kier molecular flexibility index (Phi) is 14.3. The van der Waals surface area contributed by atoms with E-state index in [9.17, 15) is 4.39 Å². The molecule has 0 heterocycles. The smallest absolute Gasteiger partial charge is 0.129 e. The summed E-state index contributed by atoms with van der Waals surface area (Å²) in [4.78, 5) is 2.41. The molecule has 28 heavy (non-hydrogen) atoms. The van der Waals surface area contributed by atoms with Crippen LogP contribution in [0.2, 0.25) is 5.02 Å². The van der Waals surface area contributed by atoms with Crippen LogP contribution in [-0.2, 0) is 13.2 Å². The summed E-state index contributed by atoms with van der Waals surface area (Å²) in [6.07, 6.45) is 1.09. The van der Waals surface area contributed by atoms with E-state index in [2.05, 4.69) is 24.1 Å². The Hall–Kier alpha value is -1.04. The molecule has 2 aromatic rings. The number of nitrogens with one attached hydrogen (secondary N) is 1. The molecule has 1 N–H and O–H groups in total. The molecular weight excluding hydrogens is 422 g/mol. The molecule has 0 unspecified atom stereocenters. The normalized spacial score (nSPS) is 10.3. The first-order valence-corrected chi connectivity index (χ1v) is 9.59. The van der Waals surface area contributed by atoms with Crippen molar-refractivity contribution in [2.75, 3.05) is 26.2 Å². The highest BCUT2D eigenvalue weighted by Crippen LogP contribution is 2.24. The molecule has 0 saturated heterocycles. The second kappa shape index (κ2) is 14.9. The van der Waals surface area contributed by atoms with Crippen molar-refractivity contribution in [2.45, 2.75) is 33.4 Å². The molecule has 3 nitrogen and oxygen atoms in total. The van der Waals surface area contributed by atoms with Crippen molar-refractivity contribution in [3.63, 3.8) is 0 Å². The summed E-state index contributed by atoms with van der Waals surface area (Å²) in [7, 11) is 0. The minimum atomic E-state index is -0.252. The summed E-state index contributed by atoms with van der Waals surface area (Å²) in [5.74, 6) is 0.478. The molecule has 158 valence electrons. The third kappa shape index (κ3) is 8.97. The molecule has 0 radical (unpaired) electrons. The average molecular weight is 452 g/mol. The van der Waals surface area contributed by atoms with E-state index in [-0.39, 0.29) is 37.2 Å². The Bertz CT molecular complexity index is 684. The Balaban J connectivity index is 0.00000364. The molecule has 0 amide bonds. The van der Waals surface area contributed by atoms with E-state index in [1.165, 1.54) is 6.07 Å². The van der Waals surface area contributed by atoms with Gasteiger partial charge in [0.1, 0.15) is 18.2 Å². The molecule has 0 fully saturated rings. The van der Waals surface area contributed by atoms with Gasteiger partial charge in [-0.2, -0.15) is 0 Å². The molecular formula is C21H30Cl3FN2O. The molecule has 2 rings (SSSR count). The van der Waals surface area contributed by atoms with Crippen LogP contribution in [-0.4, -0.2) is 31.1 Å². The number of ether oxygens (including phenoxy) is 1. The molecule has 7 heteroatoms. The van der Waals surface area contributed by atoms with Gasteiger partial charge in [0, 0.05) is 22.7 Å². The number of halogens is 4. The number of hydrogen-bond donors (Lipinski definition) is 1. The fourth-order valence-corrected chi connectivity index (χ4v) is 2.98. The maximum Gasteiger partial charge on any atom is 0.129 e. The van der Waals surface area contributed by atoms with E-state index in [1.807, 2.05) is 18.2 Å². The van der Waals surface area contributed by atoms with Crippen LogP contribution in [0.3, 0.4) is 0 Å². The van der Waals surface area contributed by atoms with Crippen LogP contribution >= 0.6 is 36.4 Å². The monoisotopic (exact) mass is 450 g/mol. The Morgan fingerprint density at radius 1 is 1.04 bits per heavy atom. The topological polar surface area (TPSA) is 24.5 Å². The first kappa shape index (κ1) is 27.0. The Morgan fingerprint density at radius 3 is 2.43 bits per heavy atom. The molecule has 0 aliphatic rings. The molecule has 2 aromatic carbocycles. The van der Waals surface area contributed by atoms with Crippen LogP contribution in [0.5, 0.6) is 5.75 Å². The van der Waals surface area contributed by atoms with Gasteiger partial charge in [-0.05, 0) is 56.9 Å². The number of hydrogen-bond acceptors (Lipinski definition) is 3. The van der Waals surface area contributed by atoms with Crippen molar-refractivity contribution in [2.24, 2.45) is 0 Å². The lowest BCUT2D eigenvalue weighted by molar-refractivity contribution is 0.293. The van der Waals surface area contributed by atoms with Gasteiger partial charge in [0.2, 0.25) is 0 Å². The Labute approximate surface area is 185 Å². The van der Waals surface area contributed by atoms with E-state index in [1.54, 1.807) is 18.2 Å². The maximum atomic E-state index is 13.8. The molecule has 0 spiro atoms. The van der Waals surface area contributed by atoms with Crippen molar-refractivity contribution >= 4 is 36.4 Å². The third-order valence-electron chi connectivity index (χ3n) is 4.40. The van der Waals surface area contributed by atoms with Crippen molar-refractivity contribution in [3.05, 3.63) is 64.4 Å². The molecule has 0 aliphatic heterocycles. The van der Waals surface area contributed by atoms with E-state index in [0.29, 0.717) is 17.1 Å². The molecule has 0 saturated carbocycles. The third-order valence-corrected chi connectivity index (χ3v) is 4.64. The van der Waals surface area contributed by atoms with Gasteiger partial charge in [0.25, 0.3) is 0 Å². The molecule has 0 bridgehead atoms. The Morgan fingerprint density at radius 2 is 1.75 bits per heavy atom. The lowest BCUT2D eigenvalue weighted by atomic mass is 10.2. The van der Waals surface area contributed by atoms with Gasteiger partial charge >= 0.3 is 0 Å². The summed E-state index contributed by atoms with van der Waals surface area (Å²) in [5.41, 5.74) is 1.53. The largest absolute Gasteiger partial charge is 0.488 e. The summed E-state index contributed by atoms with van der Waals surface area (Å²) < 4.78 is 19.6. The second-order valence-corrected chi connectivity index (χ2v) is 6.63. The summed E-state index contributed by atoms with van der Waals surface area (Å²) in [5, 5.41) is 4.11. The van der Waals surface area contributed by atoms with Crippen LogP contribution in [0.1, 0.15) is 31.4 Å². The van der Waals surface area contributed by atoms with Crippen molar-refractivity contribution in [3.8, 4) is 5.75 Å². The van der Waals surface area contributed by atoms with Crippen LogP contribution < -0.4 is 10.1 Å². The number of benzene rings is 2. The van der Waals surface area contributed by atoms with Gasteiger partial charge in [0.15, 0.2) is 0 Å². The maximum absolute atomic E-state index is 13.8. The van der Waals surface area contributed by atoms with Gasteiger partial charge in [-0.25, -0.2) is 4.39 Å². The van der Waals surface area contributed by atoms with E-state index in [0.717, 1.165) is 43.9 Å². The fraction of sp³-hybridized carbons (Fsp3) is 0.429. The van der Waals surface area contributed by atoms with Gasteiger partial charge in [0.05, 0.1) is 0 Å². The van der Waals surface area contributed by atoms with Gasteiger partial charge in [-0.1, -0.05) is 43.6 Å². The zero-order valence-corrected chi connectivity index (χ0v) is 18.8. The lowest BCUT2D eigenvalue weighted by Crippen LogP contribution is -2.27. The zero-order chi connectivity index (χ0) is 18.8. The second-order valence-electron chi connectivity index (χ2n) is 6.19. The van der Waals surface area contributed by atoms with Crippen LogP contribution in [0.15, 0.2) is 42.5 Å². The highest BCUT2D eigenvalue weighted by molar-refractivity contribution is 6.30. The van der Waals surface area contributed by atoms with E-state index < -0.39 is 0 Å². The standard InChI is InChI=1S/C21H28ClFN2O.2ClH/c1-3-25(4-2)13-7-12-24-15-18-14-19(22)10-11-21(18)26-16-17-8-5-6-9-20(17)23;;/h5-6,8-11,14,24H,3-4,7,12-13,15-16H2,1-2H3;2*1H.